The van der Waals surface area contributed by atoms with Crippen molar-refractivity contribution in [2.75, 3.05) is 33.3 Å². The summed E-state index contributed by atoms with van der Waals surface area (Å²) < 4.78 is 5.17. The third-order valence-electron chi connectivity index (χ3n) is 4.00. The Bertz CT molecular complexity index is 467. The third-order valence-corrected chi connectivity index (χ3v) is 4.00. The number of ether oxygens (including phenoxy) is 1. The smallest absolute Gasteiger partial charge is 0.118 e. The van der Waals surface area contributed by atoms with Crippen LogP contribution in [-0.2, 0) is 6.54 Å². The van der Waals surface area contributed by atoms with E-state index in [1.54, 1.807) is 7.11 Å². The van der Waals surface area contributed by atoms with E-state index in [1.807, 2.05) is 26.0 Å². The molecule has 1 aliphatic heterocycles. The summed E-state index contributed by atoms with van der Waals surface area (Å²) in [6.07, 6.45) is 0. The van der Waals surface area contributed by atoms with E-state index >= 15 is 0 Å². The van der Waals surface area contributed by atoms with Gasteiger partial charge in [0.15, 0.2) is 0 Å². The van der Waals surface area contributed by atoms with Crippen molar-refractivity contribution in [3.63, 3.8) is 0 Å². The standard InChI is InChI=1S/C16H23N3O/c1-16(2,13-17)19-10-8-18(9-11-19)12-14-4-6-15(20-3)7-5-14/h4-7H,8-12H2,1-3H3. The van der Waals surface area contributed by atoms with Gasteiger partial charge in [0.2, 0.25) is 0 Å². The van der Waals surface area contributed by atoms with Crippen LogP contribution in [0.25, 0.3) is 0 Å². The summed E-state index contributed by atoms with van der Waals surface area (Å²) in [7, 11) is 1.69. The van der Waals surface area contributed by atoms with Crippen molar-refractivity contribution in [3.05, 3.63) is 29.8 Å². The van der Waals surface area contributed by atoms with Gasteiger partial charge in [0.05, 0.1) is 13.2 Å². The Morgan fingerprint density at radius 3 is 2.25 bits per heavy atom. The summed E-state index contributed by atoms with van der Waals surface area (Å²) in [4.78, 5) is 4.70. The summed E-state index contributed by atoms with van der Waals surface area (Å²) >= 11 is 0. The van der Waals surface area contributed by atoms with Crippen molar-refractivity contribution in [2.45, 2.75) is 25.9 Å². The summed E-state index contributed by atoms with van der Waals surface area (Å²) in [6, 6.07) is 10.6. The van der Waals surface area contributed by atoms with Gasteiger partial charge in [-0.25, -0.2) is 0 Å². The Morgan fingerprint density at radius 1 is 1.15 bits per heavy atom. The minimum absolute atomic E-state index is 0.355. The first-order valence-electron chi connectivity index (χ1n) is 7.07. The molecule has 2 rings (SSSR count). The Morgan fingerprint density at radius 2 is 1.75 bits per heavy atom. The minimum atomic E-state index is -0.355. The van der Waals surface area contributed by atoms with Gasteiger partial charge in [-0.05, 0) is 31.5 Å². The predicted octanol–water partition coefficient (Wildman–Crippen LogP) is 2.11. The van der Waals surface area contributed by atoms with Crippen LogP contribution in [0.2, 0.25) is 0 Å². The molecule has 4 heteroatoms. The second kappa shape index (κ2) is 6.25. The number of nitriles is 1. The number of nitrogens with zero attached hydrogens (tertiary/aromatic N) is 3. The number of hydrogen-bond acceptors (Lipinski definition) is 4. The maximum Gasteiger partial charge on any atom is 0.118 e. The van der Waals surface area contributed by atoms with E-state index in [0.717, 1.165) is 38.5 Å². The molecule has 0 atom stereocenters. The summed E-state index contributed by atoms with van der Waals surface area (Å²) in [5, 5.41) is 9.18. The molecule has 0 bridgehead atoms. The summed E-state index contributed by atoms with van der Waals surface area (Å²) in [5.41, 5.74) is 0.949. The highest BCUT2D eigenvalue weighted by atomic mass is 16.5. The van der Waals surface area contributed by atoms with Gasteiger partial charge in [-0.2, -0.15) is 5.26 Å². The van der Waals surface area contributed by atoms with Gasteiger partial charge in [-0.3, -0.25) is 9.80 Å². The lowest BCUT2D eigenvalue weighted by atomic mass is 10.0. The molecule has 1 saturated heterocycles. The van der Waals surface area contributed by atoms with Crippen LogP contribution < -0.4 is 4.74 Å². The van der Waals surface area contributed by atoms with E-state index < -0.39 is 0 Å². The van der Waals surface area contributed by atoms with Gasteiger partial charge in [-0.15, -0.1) is 0 Å². The van der Waals surface area contributed by atoms with E-state index in [4.69, 9.17) is 4.74 Å². The fourth-order valence-electron chi connectivity index (χ4n) is 2.52. The molecule has 1 fully saturated rings. The van der Waals surface area contributed by atoms with E-state index in [0.29, 0.717) is 0 Å². The zero-order valence-corrected chi connectivity index (χ0v) is 12.6. The summed E-state index contributed by atoms with van der Waals surface area (Å²) in [5.74, 6) is 0.898. The zero-order chi connectivity index (χ0) is 14.6. The van der Waals surface area contributed by atoms with E-state index in [9.17, 15) is 5.26 Å². The molecule has 4 nitrogen and oxygen atoms in total. The highest BCUT2D eigenvalue weighted by Crippen LogP contribution is 2.18. The third kappa shape index (κ3) is 3.50. The second-order valence-electron chi connectivity index (χ2n) is 5.78. The second-order valence-corrected chi connectivity index (χ2v) is 5.78. The Kier molecular flexibility index (Phi) is 4.64. The number of hydrogen-bond donors (Lipinski definition) is 0. The molecule has 0 aromatic heterocycles. The zero-order valence-electron chi connectivity index (χ0n) is 12.6. The number of benzene rings is 1. The lowest BCUT2D eigenvalue weighted by molar-refractivity contribution is 0.0764. The van der Waals surface area contributed by atoms with Gasteiger partial charge in [-0.1, -0.05) is 12.1 Å². The average Bonchev–Trinajstić information content (AvgIpc) is 2.48. The molecule has 0 unspecified atom stereocenters. The van der Waals surface area contributed by atoms with Gasteiger partial charge < -0.3 is 4.74 Å². The molecule has 1 aromatic carbocycles. The Hall–Kier alpha value is -1.57. The van der Waals surface area contributed by atoms with Gasteiger partial charge in [0, 0.05) is 32.7 Å². The van der Waals surface area contributed by atoms with E-state index in [2.05, 4.69) is 28.0 Å². The normalized spacial score (nSPS) is 17.7. The fourth-order valence-corrected chi connectivity index (χ4v) is 2.52. The Balaban J connectivity index is 1.86. The van der Waals surface area contributed by atoms with Crippen molar-refractivity contribution in [1.29, 1.82) is 5.26 Å². The first kappa shape index (κ1) is 14.8. The molecule has 20 heavy (non-hydrogen) atoms. The highest BCUT2D eigenvalue weighted by Gasteiger charge is 2.29. The molecule has 1 aliphatic rings. The quantitative estimate of drug-likeness (QED) is 0.842. The lowest BCUT2D eigenvalue weighted by Crippen LogP contribution is -2.53. The first-order chi connectivity index (χ1) is 9.55. The van der Waals surface area contributed by atoms with Crippen LogP contribution in [0.1, 0.15) is 19.4 Å². The molecule has 0 N–H and O–H groups in total. The van der Waals surface area contributed by atoms with Crippen LogP contribution in [0.5, 0.6) is 5.75 Å². The molecule has 108 valence electrons. The topological polar surface area (TPSA) is 39.5 Å². The van der Waals surface area contributed by atoms with Crippen molar-refractivity contribution < 1.29 is 4.74 Å². The molecule has 0 amide bonds. The first-order valence-corrected chi connectivity index (χ1v) is 7.07. The van der Waals surface area contributed by atoms with Crippen molar-refractivity contribution >= 4 is 0 Å². The maximum absolute atomic E-state index is 9.18. The van der Waals surface area contributed by atoms with Crippen molar-refractivity contribution in [2.24, 2.45) is 0 Å². The van der Waals surface area contributed by atoms with Crippen LogP contribution >= 0.6 is 0 Å². The molecule has 0 saturated carbocycles. The molecule has 0 aliphatic carbocycles. The van der Waals surface area contributed by atoms with Gasteiger partial charge in [0.25, 0.3) is 0 Å². The van der Waals surface area contributed by atoms with Crippen molar-refractivity contribution in [1.82, 2.24) is 9.80 Å². The average molecular weight is 273 g/mol. The Labute approximate surface area is 121 Å². The number of piperazine rings is 1. The fraction of sp³-hybridized carbons (Fsp3) is 0.562. The molecule has 0 radical (unpaired) electrons. The summed E-state index contributed by atoms with van der Waals surface area (Å²) in [6.45, 7) is 8.88. The largest absolute Gasteiger partial charge is 0.497 e. The van der Waals surface area contributed by atoms with Gasteiger partial charge in [0.1, 0.15) is 11.3 Å². The van der Waals surface area contributed by atoms with Crippen LogP contribution in [0.3, 0.4) is 0 Å². The van der Waals surface area contributed by atoms with Crippen molar-refractivity contribution in [3.8, 4) is 11.8 Å². The van der Waals surface area contributed by atoms with Crippen LogP contribution in [0.4, 0.5) is 0 Å². The minimum Gasteiger partial charge on any atom is -0.497 e. The molecular weight excluding hydrogens is 250 g/mol. The predicted molar refractivity (Wildman–Crippen MR) is 79.5 cm³/mol. The van der Waals surface area contributed by atoms with Gasteiger partial charge >= 0.3 is 0 Å². The number of methoxy groups -OCH3 is 1. The van der Waals surface area contributed by atoms with E-state index in [-0.39, 0.29) is 5.54 Å². The van der Waals surface area contributed by atoms with E-state index in [1.165, 1.54) is 5.56 Å². The number of rotatable bonds is 4. The lowest BCUT2D eigenvalue weighted by Gasteiger charge is -2.40. The molecule has 0 spiro atoms. The molecule has 1 aromatic rings. The SMILES string of the molecule is COc1ccc(CN2CCN(C(C)(C)C#N)CC2)cc1. The van der Waals surface area contributed by atoms with Crippen LogP contribution in [0, 0.1) is 11.3 Å². The highest BCUT2D eigenvalue weighted by molar-refractivity contribution is 5.27. The molecular formula is C16H23N3O. The van der Waals surface area contributed by atoms with Crippen LogP contribution in [0.15, 0.2) is 24.3 Å². The molecule has 1 heterocycles. The monoisotopic (exact) mass is 273 g/mol. The maximum atomic E-state index is 9.18. The van der Waals surface area contributed by atoms with Crippen LogP contribution in [-0.4, -0.2) is 48.6 Å².